The molecular formula is C15H28N2O4S. The fourth-order valence-electron chi connectivity index (χ4n) is 3.09. The standard InChI is InChI=1S/C15H28N2O4S/c1-5-10-7-22-15(10,6-2)11(14(20)21)12(16)13(19)17-8(3)9(4)18/h8-12,18H,5-7,16H2,1-4H3,(H,17,19)(H,20,21)/t8?,9?,10?,11?,12-,15?/m0/s1. The molecule has 1 aliphatic rings. The van der Waals surface area contributed by atoms with Gasteiger partial charge in [0.1, 0.15) is 0 Å². The molecule has 128 valence electrons. The number of aliphatic carboxylic acids is 1. The number of hydrogen-bond donors (Lipinski definition) is 4. The summed E-state index contributed by atoms with van der Waals surface area (Å²) in [6.07, 6.45) is 0.823. The predicted molar refractivity (Wildman–Crippen MR) is 87.6 cm³/mol. The van der Waals surface area contributed by atoms with Crippen LogP contribution in [0.5, 0.6) is 0 Å². The van der Waals surface area contributed by atoms with E-state index in [9.17, 15) is 19.8 Å². The topological polar surface area (TPSA) is 113 Å². The lowest BCUT2D eigenvalue weighted by atomic mass is 9.73. The van der Waals surface area contributed by atoms with Gasteiger partial charge in [-0.15, -0.1) is 0 Å². The summed E-state index contributed by atoms with van der Waals surface area (Å²) in [7, 11) is 0. The number of aliphatic hydroxyl groups is 1. The van der Waals surface area contributed by atoms with Crippen molar-refractivity contribution < 1.29 is 19.8 Å². The summed E-state index contributed by atoms with van der Waals surface area (Å²) in [5.74, 6) is -1.30. The molecule has 0 radical (unpaired) electrons. The first kappa shape index (κ1) is 19.3. The lowest BCUT2D eigenvalue weighted by Gasteiger charge is -2.53. The third-order valence-corrected chi connectivity index (χ3v) is 6.82. The van der Waals surface area contributed by atoms with Crippen molar-refractivity contribution in [2.24, 2.45) is 17.6 Å². The molecule has 6 nitrogen and oxygen atoms in total. The predicted octanol–water partition coefficient (Wildman–Crippen LogP) is 0.822. The number of aliphatic hydroxyl groups excluding tert-OH is 1. The number of carbonyl (C=O) groups is 2. The zero-order valence-electron chi connectivity index (χ0n) is 13.7. The van der Waals surface area contributed by atoms with E-state index in [4.69, 9.17) is 5.73 Å². The number of rotatable bonds is 8. The quantitative estimate of drug-likeness (QED) is 0.523. The van der Waals surface area contributed by atoms with Crippen LogP contribution < -0.4 is 11.1 Å². The minimum Gasteiger partial charge on any atom is -0.481 e. The van der Waals surface area contributed by atoms with Gasteiger partial charge in [0.2, 0.25) is 5.91 Å². The van der Waals surface area contributed by atoms with Crippen LogP contribution in [-0.2, 0) is 9.59 Å². The Morgan fingerprint density at radius 3 is 2.32 bits per heavy atom. The summed E-state index contributed by atoms with van der Waals surface area (Å²) in [4.78, 5) is 24.1. The third-order valence-electron chi connectivity index (χ3n) is 4.84. The van der Waals surface area contributed by atoms with Gasteiger partial charge in [-0.05, 0) is 31.9 Å². The first-order valence-electron chi connectivity index (χ1n) is 7.82. The van der Waals surface area contributed by atoms with Gasteiger partial charge in [0.15, 0.2) is 0 Å². The highest BCUT2D eigenvalue weighted by Crippen LogP contribution is 2.55. The molecule has 1 saturated heterocycles. The van der Waals surface area contributed by atoms with Gasteiger partial charge in [0.05, 0.1) is 24.1 Å². The van der Waals surface area contributed by atoms with Crippen LogP contribution in [0.15, 0.2) is 0 Å². The van der Waals surface area contributed by atoms with Crippen LogP contribution in [-0.4, -0.2) is 50.8 Å². The molecule has 0 aliphatic carbocycles. The Bertz CT molecular complexity index is 412. The van der Waals surface area contributed by atoms with Gasteiger partial charge in [0, 0.05) is 4.75 Å². The van der Waals surface area contributed by atoms with Gasteiger partial charge in [-0.2, -0.15) is 11.8 Å². The first-order chi connectivity index (χ1) is 10.2. The number of nitrogens with two attached hydrogens (primary N) is 1. The molecule has 22 heavy (non-hydrogen) atoms. The summed E-state index contributed by atoms with van der Waals surface area (Å²) >= 11 is 1.60. The molecular weight excluding hydrogens is 304 g/mol. The molecule has 1 aliphatic heterocycles. The Kier molecular flexibility index (Phi) is 6.70. The lowest BCUT2D eigenvalue weighted by Crippen LogP contribution is -2.63. The van der Waals surface area contributed by atoms with Crippen molar-refractivity contribution in [1.82, 2.24) is 5.32 Å². The number of nitrogens with one attached hydrogen (secondary N) is 1. The molecule has 0 aromatic heterocycles. The largest absolute Gasteiger partial charge is 0.481 e. The normalized spacial score (nSPS) is 29.8. The highest BCUT2D eigenvalue weighted by molar-refractivity contribution is 8.02. The molecule has 6 atom stereocenters. The molecule has 5 unspecified atom stereocenters. The molecule has 0 bridgehead atoms. The highest BCUT2D eigenvalue weighted by atomic mass is 32.2. The average molecular weight is 332 g/mol. The van der Waals surface area contributed by atoms with Crippen LogP contribution in [0.2, 0.25) is 0 Å². The fraction of sp³-hybridized carbons (Fsp3) is 0.867. The summed E-state index contributed by atoms with van der Waals surface area (Å²) in [5.41, 5.74) is 6.01. The third kappa shape index (κ3) is 3.58. The average Bonchev–Trinajstić information content (AvgIpc) is 2.42. The number of thioether (sulfide) groups is 1. The highest BCUT2D eigenvalue weighted by Gasteiger charge is 2.56. The Morgan fingerprint density at radius 2 is 2.00 bits per heavy atom. The second kappa shape index (κ2) is 7.66. The molecule has 0 aromatic carbocycles. The van der Waals surface area contributed by atoms with E-state index < -0.39 is 40.7 Å². The summed E-state index contributed by atoms with van der Waals surface area (Å²) in [6, 6.07) is -1.60. The van der Waals surface area contributed by atoms with Crippen molar-refractivity contribution in [3.63, 3.8) is 0 Å². The first-order valence-corrected chi connectivity index (χ1v) is 8.80. The van der Waals surface area contributed by atoms with E-state index in [0.29, 0.717) is 6.42 Å². The van der Waals surface area contributed by atoms with Crippen LogP contribution in [0.25, 0.3) is 0 Å². The number of carbonyl (C=O) groups excluding carboxylic acids is 1. The van der Waals surface area contributed by atoms with E-state index in [1.165, 1.54) is 0 Å². The van der Waals surface area contributed by atoms with Gasteiger partial charge in [0.25, 0.3) is 0 Å². The summed E-state index contributed by atoms with van der Waals surface area (Å²) < 4.78 is -0.481. The molecule has 0 aromatic rings. The summed E-state index contributed by atoms with van der Waals surface area (Å²) in [5, 5.41) is 21.7. The maximum atomic E-state index is 12.3. The zero-order chi connectivity index (χ0) is 17.1. The van der Waals surface area contributed by atoms with E-state index in [0.717, 1.165) is 12.2 Å². The molecule has 0 saturated carbocycles. The second-order valence-electron chi connectivity index (χ2n) is 6.10. The van der Waals surface area contributed by atoms with Crippen LogP contribution in [0.1, 0.15) is 40.5 Å². The van der Waals surface area contributed by atoms with Crippen molar-refractivity contribution in [3.8, 4) is 0 Å². The van der Waals surface area contributed by atoms with E-state index in [1.54, 1.807) is 25.6 Å². The Morgan fingerprint density at radius 1 is 1.41 bits per heavy atom. The van der Waals surface area contributed by atoms with Crippen molar-refractivity contribution in [2.75, 3.05) is 5.75 Å². The molecule has 5 N–H and O–H groups in total. The maximum absolute atomic E-state index is 12.3. The number of hydrogen-bond acceptors (Lipinski definition) is 5. The van der Waals surface area contributed by atoms with Gasteiger partial charge < -0.3 is 21.3 Å². The van der Waals surface area contributed by atoms with E-state index in [1.807, 2.05) is 13.8 Å². The van der Waals surface area contributed by atoms with E-state index in [2.05, 4.69) is 5.32 Å². The molecule has 1 rings (SSSR count). The number of carboxylic acid groups (broad SMARTS) is 1. The minimum absolute atomic E-state index is 0.261. The lowest BCUT2D eigenvalue weighted by molar-refractivity contribution is -0.147. The van der Waals surface area contributed by atoms with Gasteiger partial charge in [-0.1, -0.05) is 20.3 Å². The maximum Gasteiger partial charge on any atom is 0.310 e. The van der Waals surface area contributed by atoms with Crippen molar-refractivity contribution in [1.29, 1.82) is 0 Å². The van der Waals surface area contributed by atoms with Crippen LogP contribution in [0.3, 0.4) is 0 Å². The Balaban J connectivity index is 2.95. The van der Waals surface area contributed by atoms with Crippen LogP contribution in [0, 0.1) is 11.8 Å². The monoisotopic (exact) mass is 332 g/mol. The van der Waals surface area contributed by atoms with Crippen molar-refractivity contribution >= 4 is 23.6 Å². The molecule has 0 spiro atoms. The zero-order valence-corrected chi connectivity index (χ0v) is 14.5. The van der Waals surface area contributed by atoms with Crippen LogP contribution in [0.4, 0.5) is 0 Å². The van der Waals surface area contributed by atoms with Crippen LogP contribution >= 0.6 is 11.8 Å². The molecule has 1 amide bonds. The Hall–Kier alpha value is -0.790. The molecule has 7 heteroatoms. The number of carboxylic acids is 1. The summed E-state index contributed by atoms with van der Waals surface area (Å²) in [6.45, 7) is 7.21. The van der Waals surface area contributed by atoms with Gasteiger partial charge >= 0.3 is 5.97 Å². The minimum atomic E-state index is -1.12. The molecule has 1 fully saturated rings. The van der Waals surface area contributed by atoms with E-state index in [-0.39, 0.29) is 5.92 Å². The fourth-order valence-corrected chi connectivity index (χ4v) is 4.96. The van der Waals surface area contributed by atoms with Crippen molar-refractivity contribution in [3.05, 3.63) is 0 Å². The van der Waals surface area contributed by atoms with E-state index >= 15 is 0 Å². The second-order valence-corrected chi connectivity index (χ2v) is 7.49. The molecule has 1 heterocycles. The van der Waals surface area contributed by atoms with Crippen molar-refractivity contribution in [2.45, 2.75) is 63.5 Å². The smallest absolute Gasteiger partial charge is 0.310 e. The van der Waals surface area contributed by atoms with Gasteiger partial charge in [-0.3, -0.25) is 9.59 Å². The Labute approximate surface area is 136 Å². The number of amides is 1. The van der Waals surface area contributed by atoms with Gasteiger partial charge in [-0.25, -0.2) is 0 Å². The SMILES string of the molecule is CCC1CSC1(CC)C(C(=O)O)[C@H](N)C(=O)NC(C)C(C)O.